The number of ether oxygens (including phenoxy) is 2. The topological polar surface area (TPSA) is 125 Å². The number of likely N-dealkylation sites (tertiary alicyclic amines) is 1. The molecule has 54 heavy (non-hydrogen) atoms. The summed E-state index contributed by atoms with van der Waals surface area (Å²) in [6, 6.07) is 21.9. The fourth-order valence-corrected chi connectivity index (χ4v) is 9.36. The maximum absolute atomic E-state index is 15.3. The Bertz CT molecular complexity index is 1870. The number of benzene rings is 3. The number of carbonyl (C=O) groups excluding carboxylic acids is 4. The van der Waals surface area contributed by atoms with Crippen molar-refractivity contribution in [3.05, 3.63) is 126 Å². The number of allylic oxidation sites excluding steroid dienone is 1. The van der Waals surface area contributed by atoms with Crippen molar-refractivity contribution in [2.45, 2.75) is 74.2 Å². The monoisotopic (exact) mass is 797 g/mol. The number of alkyl halides is 1. The minimum Gasteiger partial charge on any atom is -0.463 e. The van der Waals surface area contributed by atoms with Crippen LogP contribution in [0.15, 0.2) is 104 Å². The van der Waals surface area contributed by atoms with Gasteiger partial charge in [-0.2, -0.15) is 0 Å². The van der Waals surface area contributed by atoms with Crippen LogP contribution >= 0.6 is 15.9 Å². The lowest BCUT2D eigenvalue weighted by atomic mass is 9.70. The number of anilines is 1. The van der Waals surface area contributed by atoms with E-state index in [4.69, 9.17) is 9.47 Å². The third-order valence-corrected chi connectivity index (χ3v) is 11.7. The van der Waals surface area contributed by atoms with Crippen LogP contribution in [-0.4, -0.2) is 82.1 Å². The molecule has 3 heterocycles. The van der Waals surface area contributed by atoms with Gasteiger partial charge in [-0.05, 0) is 61.4 Å². The second-order valence-electron chi connectivity index (χ2n) is 14.4. The van der Waals surface area contributed by atoms with Gasteiger partial charge in [0.2, 0.25) is 11.8 Å². The third-order valence-electron chi connectivity index (χ3n) is 10.9. The van der Waals surface area contributed by atoms with Gasteiger partial charge in [-0.25, -0.2) is 0 Å². The highest BCUT2D eigenvalue weighted by molar-refractivity contribution is 9.09. The predicted molar refractivity (Wildman–Crippen MR) is 210 cm³/mol. The summed E-state index contributed by atoms with van der Waals surface area (Å²) in [5, 5.41) is 14.0. The molecule has 284 valence electrons. The molecule has 0 saturated carbocycles. The zero-order valence-electron chi connectivity index (χ0n) is 30.7. The Morgan fingerprint density at radius 3 is 2.44 bits per heavy atom. The first-order valence-corrected chi connectivity index (χ1v) is 19.4. The highest BCUT2D eigenvalue weighted by atomic mass is 79.9. The summed E-state index contributed by atoms with van der Waals surface area (Å²) in [5.41, 5.74) is 2.74. The van der Waals surface area contributed by atoms with E-state index in [0.717, 1.165) is 22.3 Å². The molecule has 3 aromatic rings. The first-order valence-electron chi connectivity index (χ1n) is 18.4. The maximum Gasteiger partial charge on any atom is 0.306 e. The summed E-state index contributed by atoms with van der Waals surface area (Å²) < 4.78 is 12.4. The Morgan fingerprint density at radius 2 is 1.78 bits per heavy atom. The van der Waals surface area contributed by atoms with Crippen LogP contribution < -0.4 is 10.2 Å². The number of hydrogen-bond donors (Lipinski definition) is 2. The lowest BCUT2D eigenvalue weighted by Gasteiger charge is -2.39. The number of nitrogens with zero attached hydrogens (tertiary/aromatic N) is 2. The highest BCUT2D eigenvalue weighted by Crippen LogP contribution is 2.60. The molecule has 3 fully saturated rings. The Kier molecular flexibility index (Phi) is 12.2. The summed E-state index contributed by atoms with van der Waals surface area (Å²) in [7, 11) is 0. The fraction of sp³-hybridized carbons (Fsp3) is 0.395. The summed E-state index contributed by atoms with van der Waals surface area (Å²) >= 11 is 3.78. The molecular formula is C43H48BrN3O7. The number of aliphatic hydroxyl groups excluding tert-OH is 1. The fourth-order valence-electron chi connectivity index (χ4n) is 8.41. The van der Waals surface area contributed by atoms with Crippen LogP contribution in [-0.2, 0) is 35.1 Å². The summed E-state index contributed by atoms with van der Waals surface area (Å²) in [6.07, 6.45) is 3.76. The number of carbonyl (C=O) groups is 4. The normalized spacial score (nSPS) is 25.1. The second-order valence-corrected chi connectivity index (χ2v) is 15.6. The number of halogens is 1. The predicted octanol–water partition coefficient (Wildman–Crippen LogP) is 5.54. The second kappa shape index (κ2) is 16.8. The van der Waals surface area contributed by atoms with E-state index < -0.39 is 66.1 Å². The average Bonchev–Trinajstić information content (AvgIpc) is 3.78. The summed E-state index contributed by atoms with van der Waals surface area (Å²) in [4.78, 5) is 60.3. The van der Waals surface area contributed by atoms with E-state index in [1.54, 1.807) is 17.1 Å². The van der Waals surface area contributed by atoms with Crippen molar-refractivity contribution in [1.29, 1.82) is 0 Å². The van der Waals surface area contributed by atoms with E-state index in [1.807, 2.05) is 92.7 Å². The zero-order valence-corrected chi connectivity index (χ0v) is 32.3. The molecular weight excluding hydrogens is 750 g/mol. The molecule has 0 radical (unpaired) electrons. The van der Waals surface area contributed by atoms with Gasteiger partial charge in [0.1, 0.15) is 18.2 Å². The molecule has 3 aromatic carbocycles. The van der Waals surface area contributed by atoms with Crippen molar-refractivity contribution in [2.24, 2.45) is 11.8 Å². The lowest BCUT2D eigenvalue weighted by Crippen LogP contribution is -2.59. The van der Waals surface area contributed by atoms with E-state index in [2.05, 4.69) is 34.4 Å². The van der Waals surface area contributed by atoms with Crippen LogP contribution in [0, 0.1) is 25.7 Å². The molecule has 3 saturated heterocycles. The van der Waals surface area contributed by atoms with E-state index in [0.29, 0.717) is 18.5 Å². The highest BCUT2D eigenvalue weighted by Gasteiger charge is 2.77. The van der Waals surface area contributed by atoms with Crippen LogP contribution in [0.1, 0.15) is 47.6 Å². The minimum absolute atomic E-state index is 0.116. The van der Waals surface area contributed by atoms with Crippen molar-refractivity contribution in [3.8, 4) is 0 Å². The van der Waals surface area contributed by atoms with E-state index in [1.165, 1.54) is 4.90 Å². The first-order chi connectivity index (χ1) is 26.0. The molecule has 1 spiro atoms. The Balaban J connectivity index is 1.40. The van der Waals surface area contributed by atoms with E-state index >= 15 is 9.59 Å². The van der Waals surface area contributed by atoms with Gasteiger partial charge in [-0.1, -0.05) is 101 Å². The van der Waals surface area contributed by atoms with Crippen molar-refractivity contribution in [3.63, 3.8) is 0 Å². The van der Waals surface area contributed by atoms with Crippen LogP contribution in [0.25, 0.3) is 0 Å². The lowest BCUT2D eigenvalue weighted by molar-refractivity contribution is -0.146. The van der Waals surface area contributed by atoms with Gasteiger partial charge in [0, 0.05) is 23.5 Å². The quantitative estimate of drug-likeness (QED) is 0.111. The molecule has 2 bridgehead atoms. The van der Waals surface area contributed by atoms with E-state index in [-0.39, 0.29) is 36.7 Å². The maximum atomic E-state index is 15.3. The largest absolute Gasteiger partial charge is 0.463 e. The van der Waals surface area contributed by atoms with Crippen LogP contribution in [0.5, 0.6) is 0 Å². The SMILES string of the molecule is C=CCCC(=O)OC[C@H](NC(=O)[C@H]1[C@@H]2O[C@@]3(CC2Br)[C@@H]1C(=O)N([C@@H](CO)Cc1ccccc1)[C@@H]3C(=O)N(CC=C)c1cc(C)ccc1C)c1ccccc1. The minimum atomic E-state index is -1.38. The molecule has 10 nitrogen and oxygen atoms in total. The smallest absolute Gasteiger partial charge is 0.306 e. The average molecular weight is 799 g/mol. The number of aryl methyl sites for hydroxylation is 2. The van der Waals surface area contributed by atoms with Crippen molar-refractivity contribution in [1.82, 2.24) is 10.2 Å². The molecule has 0 aromatic heterocycles. The third kappa shape index (κ3) is 7.54. The number of rotatable bonds is 16. The zero-order chi connectivity index (χ0) is 38.6. The Morgan fingerprint density at radius 1 is 1.07 bits per heavy atom. The van der Waals surface area contributed by atoms with Gasteiger partial charge in [0.25, 0.3) is 5.91 Å². The summed E-state index contributed by atoms with van der Waals surface area (Å²) in [5.74, 6) is -3.67. The van der Waals surface area contributed by atoms with Crippen molar-refractivity contribution in [2.75, 3.05) is 24.7 Å². The van der Waals surface area contributed by atoms with Gasteiger partial charge in [0.05, 0.1) is 36.6 Å². The van der Waals surface area contributed by atoms with Crippen LogP contribution in [0.2, 0.25) is 0 Å². The van der Waals surface area contributed by atoms with Crippen LogP contribution in [0.4, 0.5) is 5.69 Å². The number of esters is 1. The molecule has 11 heteroatoms. The summed E-state index contributed by atoms with van der Waals surface area (Å²) in [6.45, 7) is 11.1. The van der Waals surface area contributed by atoms with Gasteiger partial charge in [0.15, 0.2) is 0 Å². The number of aliphatic hydroxyl groups is 1. The van der Waals surface area contributed by atoms with Gasteiger partial charge in [-0.15, -0.1) is 13.2 Å². The molecule has 3 aliphatic rings. The first kappa shape index (κ1) is 39.1. The van der Waals surface area contributed by atoms with Crippen LogP contribution in [0.3, 0.4) is 0 Å². The molecule has 3 aliphatic heterocycles. The standard InChI is InChI=1S/C43H48BrN3O7/c1-5-7-18-35(49)53-26-33(30-16-12-9-13-17-30)45-40(50)36-37-41(51)47(31(25-48)23-29-14-10-8-11-15-29)39(43(37)24-32(44)38(36)54-43)42(52)46(21-6-2)34-22-27(3)19-20-28(34)4/h5-6,8-17,19-20,22,31-33,36-39,48H,1-2,7,18,21,23-26H2,3-4H3,(H,45,50)/t31-,32?,33+,36-,37+,38-,39-,43+/m1/s1. The Hall–Kier alpha value is -4.58. The molecule has 8 atom stereocenters. The van der Waals surface area contributed by atoms with Gasteiger partial charge >= 0.3 is 5.97 Å². The molecule has 0 aliphatic carbocycles. The molecule has 3 amide bonds. The number of nitrogens with one attached hydrogen (secondary N) is 1. The molecule has 1 unspecified atom stereocenters. The van der Waals surface area contributed by atoms with Gasteiger partial charge in [-0.3, -0.25) is 19.2 Å². The molecule has 2 N–H and O–H groups in total. The number of amides is 3. The van der Waals surface area contributed by atoms with Crippen molar-refractivity contribution < 1.29 is 33.8 Å². The molecule has 6 rings (SSSR count). The Labute approximate surface area is 325 Å². The number of fused-ring (bicyclic) bond motifs is 1. The van der Waals surface area contributed by atoms with Gasteiger partial charge < -0.3 is 29.7 Å². The van der Waals surface area contributed by atoms with Crippen molar-refractivity contribution >= 4 is 45.3 Å². The van der Waals surface area contributed by atoms with E-state index in [9.17, 15) is 14.7 Å². The number of hydrogen-bond acceptors (Lipinski definition) is 7.